The number of anilines is 1. The number of carboxylic acids is 1. The van der Waals surface area contributed by atoms with E-state index in [9.17, 15) is 14.4 Å². The van der Waals surface area contributed by atoms with Crippen molar-refractivity contribution in [2.45, 2.75) is 26.7 Å². The zero-order chi connectivity index (χ0) is 19.3. The van der Waals surface area contributed by atoms with Crippen molar-refractivity contribution in [3.05, 3.63) is 44.6 Å². The number of Topliss-reactive ketones (excluding diaryl/α,β-unsaturated/α-hetero) is 1. The van der Waals surface area contributed by atoms with Crippen molar-refractivity contribution in [3.63, 3.8) is 0 Å². The smallest absolute Gasteiger partial charge is 0.341 e. The highest BCUT2D eigenvalue weighted by atomic mass is 35.5. The number of carboxylic acid groups (broad SMARTS) is 1. The first-order valence-corrected chi connectivity index (χ1v) is 9.00. The van der Waals surface area contributed by atoms with Gasteiger partial charge in [-0.25, -0.2) is 4.79 Å². The first kappa shape index (κ1) is 19.9. The van der Waals surface area contributed by atoms with Gasteiger partial charge in [-0.3, -0.25) is 9.59 Å². The highest BCUT2D eigenvalue weighted by molar-refractivity contribution is 7.12. The summed E-state index contributed by atoms with van der Waals surface area (Å²) in [6.45, 7) is 3.32. The van der Waals surface area contributed by atoms with E-state index in [2.05, 4.69) is 5.32 Å². The molecule has 0 spiro atoms. The zero-order valence-electron chi connectivity index (χ0n) is 14.3. The molecule has 2 aromatic rings. The van der Waals surface area contributed by atoms with E-state index >= 15 is 0 Å². The Kier molecular flexibility index (Phi) is 6.76. The monoisotopic (exact) mass is 395 g/mol. The third kappa shape index (κ3) is 5.57. The molecule has 0 aliphatic heterocycles. The molecule has 26 heavy (non-hydrogen) atoms. The Morgan fingerprint density at radius 3 is 2.50 bits per heavy atom. The van der Waals surface area contributed by atoms with Crippen LogP contribution in [0.1, 0.15) is 33.0 Å². The quantitative estimate of drug-likeness (QED) is 0.657. The standard InChI is InChI=1S/C18H18ClNO5S/c1-10-7-13(11(2)26-10)15(21)4-6-17(22)20-12-3-5-16(14(19)8-12)25-9-18(23)24/h3,5,7-8H,4,6,9H2,1-2H3,(H,20,22)(H,23,24). The molecule has 1 aromatic heterocycles. The second kappa shape index (κ2) is 8.82. The molecule has 2 rings (SSSR count). The fraction of sp³-hybridized carbons (Fsp3) is 0.278. The van der Waals surface area contributed by atoms with Crippen LogP contribution in [-0.4, -0.2) is 29.4 Å². The van der Waals surface area contributed by atoms with E-state index in [1.807, 2.05) is 19.9 Å². The Hall–Kier alpha value is -2.38. The summed E-state index contributed by atoms with van der Waals surface area (Å²) in [6.07, 6.45) is 0.179. The van der Waals surface area contributed by atoms with Crippen LogP contribution in [0.3, 0.4) is 0 Å². The third-order valence-electron chi connectivity index (χ3n) is 3.49. The van der Waals surface area contributed by atoms with Crippen molar-refractivity contribution in [2.24, 2.45) is 0 Å². The van der Waals surface area contributed by atoms with Crippen LogP contribution in [0.4, 0.5) is 5.69 Å². The van der Waals surface area contributed by atoms with Gasteiger partial charge in [-0.2, -0.15) is 0 Å². The largest absolute Gasteiger partial charge is 0.480 e. The Morgan fingerprint density at radius 1 is 1.19 bits per heavy atom. The van der Waals surface area contributed by atoms with Crippen LogP contribution in [-0.2, 0) is 9.59 Å². The highest BCUT2D eigenvalue weighted by Crippen LogP contribution is 2.28. The lowest BCUT2D eigenvalue weighted by Crippen LogP contribution is -2.14. The van der Waals surface area contributed by atoms with E-state index in [0.29, 0.717) is 11.3 Å². The molecule has 0 aliphatic carbocycles. The van der Waals surface area contributed by atoms with Crippen LogP contribution in [0.25, 0.3) is 0 Å². The Bertz CT molecular complexity index is 846. The van der Waals surface area contributed by atoms with Gasteiger partial charge in [-0.15, -0.1) is 11.3 Å². The molecule has 8 heteroatoms. The summed E-state index contributed by atoms with van der Waals surface area (Å²) in [6, 6.07) is 6.33. The topological polar surface area (TPSA) is 92.7 Å². The van der Waals surface area contributed by atoms with Crippen LogP contribution in [0, 0.1) is 13.8 Å². The Balaban J connectivity index is 1.89. The lowest BCUT2D eigenvalue weighted by atomic mass is 10.1. The van der Waals surface area contributed by atoms with Gasteiger partial charge < -0.3 is 15.2 Å². The van der Waals surface area contributed by atoms with Crippen LogP contribution in [0.2, 0.25) is 5.02 Å². The van der Waals surface area contributed by atoms with Crippen LogP contribution >= 0.6 is 22.9 Å². The van der Waals surface area contributed by atoms with Gasteiger partial charge in [0.15, 0.2) is 12.4 Å². The van der Waals surface area contributed by atoms with Crippen molar-refractivity contribution in [1.29, 1.82) is 0 Å². The van der Waals surface area contributed by atoms with Crippen molar-refractivity contribution in [3.8, 4) is 5.75 Å². The molecule has 0 atom stereocenters. The number of carbonyl (C=O) groups excluding carboxylic acids is 2. The minimum Gasteiger partial charge on any atom is -0.480 e. The number of aryl methyl sites for hydroxylation is 2. The molecule has 1 heterocycles. The van der Waals surface area contributed by atoms with Crippen molar-refractivity contribution in [2.75, 3.05) is 11.9 Å². The highest BCUT2D eigenvalue weighted by Gasteiger charge is 2.14. The van der Waals surface area contributed by atoms with Gasteiger partial charge in [0.25, 0.3) is 0 Å². The number of ketones is 1. The normalized spacial score (nSPS) is 10.4. The summed E-state index contributed by atoms with van der Waals surface area (Å²) in [5.41, 5.74) is 1.11. The van der Waals surface area contributed by atoms with Crippen LogP contribution in [0.5, 0.6) is 5.75 Å². The molecule has 0 radical (unpaired) electrons. The molecule has 1 aromatic carbocycles. The van der Waals surface area contributed by atoms with Gasteiger partial charge in [-0.1, -0.05) is 11.6 Å². The number of aliphatic carboxylic acids is 1. The van der Waals surface area contributed by atoms with Crippen molar-refractivity contribution in [1.82, 2.24) is 0 Å². The van der Waals surface area contributed by atoms with Crippen LogP contribution < -0.4 is 10.1 Å². The van der Waals surface area contributed by atoms with Crippen molar-refractivity contribution < 1.29 is 24.2 Å². The van der Waals surface area contributed by atoms with Crippen LogP contribution in [0.15, 0.2) is 24.3 Å². The number of hydrogen-bond acceptors (Lipinski definition) is 5. The molecule has 0 saturated heterocycles. The summed E-state index contributed by atoms with van der Waals surface area (Å²) >= 11 is 7.56. The molecular formula is C18H18ClNO5S. The molecule has 0 saturated carbocycles. The molecule has 0 fully saturated rings. The Labute approximate surface area is 159 Å². The zero-order valence-corrected chi connectivity index (χ0v) is 15.9. The minimum absolute atomic E-state index is 0.0576. The van der Waals surface area contributed by atoms with E-state index < -0.39 is 12.6 Å². The second-order valence-electron chi connectivity index (χ2n) is 5.63. The van der Waals surface area contributed by atoms with E-state index in [1.54, 1.807) is 17.4 Å². The molecule has 1 amide bonds. The predicted molar refractivity (Wildman–Crippen MR) is 101 cm³/mol. The molecular weight excluding hydrogens is 378 g/mol. The maximum Gasteiger partial charge on any atom is 0.341 e. The summed E-state index contributed by atoms with van der Waals surface area (Å²) in [4.78, 5) is 36.8. The lowest BCUT2D eigenvalue weighted by molar-refractivity contribution is -0.139. The van der Waals surface area contributed by atoms with Gasteiger partial charge in [0.2, 0.25) is 5.91 Å². The van der Waals surface area contributed by atoms with Gasteiger partial charge in [-0.05, 0) is 38.1 Å². The number of ether oxygens (including phenoxy) is 1. The fourth-order valence-electron chi connectivity index (χ4n) is 2.33. The van der Waals surface area contributed by atoms with Gasteiger partial charge in [0, 0.05) is 33.8 Å². The molecule has 2 N–H and O–H groups in total. The number of rotatable bonds is 8. The maximum atomic E-state index is 12.2. The SMILES string of the molecule is Cc1cc(C(=O)CCC(=O)Nc2ccc(OCC(=O)O)c(Cl)c2)c(C)s1. The van der Waals surface area contributed by atoms with Crippen molar-refractivity contribution >= 4 is 46.3 Å². The number of nitrogens with one attached hydrogen (secondary N) is 1. The third-order valence-corrected chi connectivity index (χ3v) is 4.75. The predicted octanol–water partition coefficient (Wildman–Crippen LogP) is 4.08. The average Bonchev–Trinajstić information content (AvgIpc) is 2.90. The first-order chi connectivity index (χ1) is 12.3. The number of halogens is 1. The van der Waals surface area contributed by atoms with E-state index in [4.69, 9.17) is 21.4 Å². The van der Waals surface area contributed by atoms with Gasteiger partial charge >= 0.3 is 5.97 Å². The maximum absolute atomic E-state index is 12.2. The molecule has 6 nitrogen and oxygen atoms in total. The minimum atomic E-state index is -1.11. The lowest BCUT2D eigenvalue weighted by Gasteiger charge is -2.09. The van der Waals surface area contributed by atoms with E-state index in [1.165, 1.54) is 12.1 Å². The first-order valence-electron chi connectivity index (χ1n) is 7.80. The fourth-order valence-corrected chi connectivity index (χ4v) is 3.51. The van der Waals surface area contributed by atoms with Gasteiger partial charge in [0.1, 0.15) is 5.75 Å². The Morgan fingerprint density at radius 2 is 1.92 bits per heavy atom. The van der Waals surface area contributed by atoms with E-state index in [-0.39, 0.29) is 35.3 Å². The second-order valence-corrected chi connectivity index (χ2v) is 7.49. The number of benzene rings is 1. The van der Waals surface area contributed by atoms with E-state index in [0.717, 1.165) is 9.75 Å². The average molecular weight is 396 g/mol. The molecule has 138 valence electrons. The summed E-state index contributed by atoms with van der Waals surface area (Å²) in [5.74, 6) is -1.26. The summed E-state index contributed by atoms with van der Waals surface area (Å²) < 4.78 is 5.01. The summed E-state index contributed by atoms with van der Waals surface area (Å²) in [5, 5.41) is 11.4. The number of carbonyl (C=O) groups is 3. The molecule has 0 aliphatic rings. The molecule has 0 bridgehead atoms. The summed E-state index contributed by atoms with van der Waals surface area (Å²) in [7, 11) is 0. The number of thiophene rings is 1. The molecule has 0 unspecified atom stereocenters. The number of hydrogen-bond donors (Lipinski definition) is 2. The number of amides is 1. The van der Waals surface area contributed by atoms with Gasteiger partial charge in [0.05, 0.1) is 5.02 Å².